The molecule has 0 radical (unpaired) electrons. The van der Waals surface area contributed by atoms with Crippen LogP contribution in [0.4, 0.5) is 5.69 Å². The van der Waals surface area contributed by atoms with Gasteiger partial charge in [0.05, 0.1) is 17.3 Å². The van der Waals surface area contributed by atoms with Gasteiger partial charge in [0.1, 0.15) is 5.75 Å². The lowest BCUT2D eigenvalue weighted by Gasteiger charge is -2.15. The highest BCUT2D eigenvalue weighted by Gasteiger charge is 2.33. The molecule has 2 aliphatic rings. The molecule has 4 heteroatoms. The molecule has 1 fully saturated rings. The molecule has 1 heterocycles. The number of aromatic hydroxyl groups is 1. The molecule has 1 aromatic carbocycles. The largest absolute Gasteiger partial charge is 0.508 e. The number of anilines is 1. The summed E-state index contributed by atoms with van der Waals surface area (Å²) < 4.78 is 0. The Morgan fingerprint density at radius 2 is 2.05 bits per heavy atom. The number of benzene rings is 1. The molecular weight excluding hydrogens is 276 g/mol. The van der Waals surface area contributed by atoms with Gasteiger partial charge in [0, 0.05) is 17.7 Å². The molecule has 0 spiro atoms. The summed E-state index contributed by atoms with van der Waals surface area (Å²) >= 11 is 0. The number of aryl methyl sites for hydroxylation is 1. The normalized spacial score (nSPS) is 19.7. The Morgan fingerprint density at radius 1 is 1.18 bits per heavy atom. The Kier molecular flexibility index (Phi) is 3.10. The number of rotatable bonds is 3. The molecule has 4 rings (SSSR count). The first-order valence-electron chi connectivity index (χ1n) is 7.80. The second kappa shape index (κ2) is 5.13. The highest BCUT2D eigenvalue weighted by atomic mass is 16.3. The van der Waals surface area contributed by atoms with Crippen LogP contribution in [0.2, 0.25) is 0 Å². The molecule has 1 amide bonds. The Bertz CT molecular complexity index is 738. The summed E-state index contributed by atoms with van der Waals surface area (Å²) in [5, 5.41) is 13.1. The van der Waals surface area contributed by atoms with E-state index in [4.69, 9.17) is 0 Å². The van der Waals surface area contributed by atoms with Crippen molar-refractivity contribution in [3.8, 4) is 5.75 Å². The maximum atomic E-state index is 12.7. The van der Waals surface area contributed by atoms with Crippen molar-refractivity contribution in [1.29, 1.82) is 0 Å². The molecule has 1 saturated carbocycles. The number of aromatic nitrogens is 1. The second-order valence-corrected chi connectivity index (χ2v) is 6.14. The van der Waals surface area contributed by atoms with E-state index in [9.17, 15) is 9.90 Å². The number of fused-ring (bicyclic) bond motifs is 1. The molecule has 2 aromatic rings. The molecule has 112 valence electrons. The van der Waals surface area contributed by atoms with Gasteiger partial charge < -0.3 is 10.4 Å². The number of amides is 1. The van der Waals surface area contributed by atoms with E-state index in [0.29, 0.717) is 5.92 Å². The van der Waals surface area contributed by atoms with Gasteiger partial charge in [0.15, 0.2) is 0 Å². The zero-order chi connectivity index (χ0) is 15.1. The number of carbonyl (C=O) groups excluding carboxylic acids is 1. The fourth-order valence-electron chi connectivity index (χ4n) is 3.35. The fourth-order valence-corrected chi connectivity index (χ4v) is 3.35. The molecule has 2 aliphatic carbocycles. The molecule has 0 aliphatic heterocycles. The van der Waals surface area contributed by atoms with Gasteiger partial charge >= 0.3 is 0 Å². The van der Waals surface area contributed by atoms with Gasteiger partial charge in [-0.25, -0.2) is 0 Å². The third kappa shape index (κ3) is 2.25. The lowest BCUT2D eigenvalue weighted by Crippen LogP contribution is -2.20. The molecule has 1 atom stereocenters. The van der Waals surface area contributed by atoms with Crippen LogP contribution in [0.3, 0.4) is 0 Å². The van der Waals surface area contributed by atoms with E-state index < -0.39 is 0 Å². The first-order chi connectivity index (χ1) is 10.7. The van der Waals surface area contributed by atoms with E-state index in [1.165, 1.54) is 0 Å². The van der Waals surface area contributed by atoms with Gasteiger partial charge in [-0.15, -0.1) is 0 Å². The minimum atomic E-state index is -0.275. The number of phenolic OH excluding ortho intramolecular Hbond substituents is 1. The van der Waals surface area contributed by atoms with Crippen LogP contribution in [-0.4, -0.2) is 16.0 Å². The molecule has 0 saturated heterocycles. The van der Waals surface area contributed by atoms with Crippen LogP contribution >= 0.6 is 0 Å². The standard InChI is InChI=1S/C18H18N2O2/c21-15-5-1-3-11-8-9-13(16(11)15)18(22)20-14-4-2-10-19-17(14)12-6-7-12/h1-5,10,12-13,21H,6-9H2,(H,20,22). The number of nitrogens with one attached hydrogen (secondary N) is 1. The van der Waals surface area contributed by atoms with E-state index in [1.807, 2.05) is 24.3 Å². The van der Waals surface area contributed by atoms with E-state index in [-0.39, 0.29) is 17.6 Å². The summed E-state index contributed by atoms with van der Waals surface area (Å²) in [6.07, 6.45) is 5.65. The van der Waals surface area contributed by atoms with Gasteiger partial charge in [-0.3, -0.25) is 9.78 Å². The first kappa shape index (κ1) is 13.3. The Labute approximate surface area is 129 Å². The SMILES string of the molecule is O=C(Nc1cccnc1C1CC1)C1CCc2cccc(O)c21. The zero-order valence-corrected chi connectivity index (χ0v) is 12.2. The molecule has 22 heavy (non-hydrogen) atoms. The zero-order valence-electron chi connectivity index (χ0n) is 12.2. The van der Waals surface area contributed by atoms with Gasteiger partial charge in [-0.1, -0.05) is 12.1 Å². The van der Waals surface area contributed by atoms with Crippen LogP contribution in [0.5, 0.6) is 5.75 Å². The predicted molar refractivity (Wildman–Crippen MR) is 84.0 cm³/mol. The second-order valence-electron chi connectivity index (χ2n) is 6.14. The van der Waals surface area contributed by atoms with Gasteiger partial charge in [-0.05, 0) is 49.4 Å². The summed E-state index contributed by atoms with van der Waals surface area (Å²) in [6.45, 7) is 0. The summed E-state index contributed by atoms with van der Waals surface area (Å²) in [6, 6.07) is 9.24. The van der Waals surface area contributed by atoms with Crippen molar-refractivity contribution in [2.45, 2.75) is 37.5 Å². The first-order valence-corrected chi connectivity index (χ1v) is 7.80. The van der Waals surface area contributed by atoms with E-state index in [0.717, 1.165) is 48.2 Å². The lowest BCUT2D eigenvalue weighted by molar-refractivity contribution is -0.117. The number of hydrogen-bond acceptors (Lipinski definition) is 3. The quantitative estimate of drug-likeness (QED) is 0.912. The summed E-state index contributed by atoms with van der Waals surface area (Å²) in [5.74, 6) is 0.392. The van der Waals surface area contributed by atoms with Crippen molar-refractivity contribution in [2.24, 2.45) is 0 Å². The van der Waals surface area contributed by atoms with Crippen LogP contribution in [0.15, 0.2) is 36.5 Å². The number of carbonyl (C=O) groups is 1. The molecule has 2 N–H and O–H groups in total. The Hall–Kier alpha value is -2.36. The highest BCUT2D eigenvalue weighted by molar-refractivity contribution is 5.97. The number of hydrogen-bond donors (Lipinski definition) is 2. The van der Waals surface area contributed by atoms with Crippen LogP contribution in [0.25, 0.3) is 0 Å². The average molecular weight is 294 g/mol. The van der Waals surface area contributed by atoms with Crippen LogP contribution < -0.4 is 5.32 Å². The monoisotopic (exact) mass is 294 g/mol. The van der Waals surface area contributed by atoms with Crippen LogP contribution in [-0.2, 0) is 11.2 Å². The Balaban J connectivity index is 1.60. The van der Waals surface area contributed by atoms with Gasteiger partial charge in [0.25, 0.3) is 0 Å². The van der Waals surface area contributed by atoms with Crippen molar-refractivity contribution in [3.63, 3.8) is 0 Å². The van der Waals surface area contributed by atoms with Crippen molar-refractivity contribution < 1.29 is 9.90 Å². The van der Waals surface area contributed by atoms with Gasteiger partial charge in [-0.2, -0.15) is 0 Å². The molecule has 0 bridgehead atoms. The predicted octanol–water partition coefficient (Wildman–Crippen LogP) is 3.33. The Morgan fingerprint density at radius 3 is 2.86 bits per heavy atom. The fraction of sp³-hybridized carbons (Fsp3) is 0.333. The summed E-state index contributed by atoms with van der Waals surface area (Å²) in [5.41, 5.74) is 3.68. The third-order valence-corrected chi connectivity index (χ3v) is 4.60. The lowest BCUT2D eigenvalue weighted by atomic mass is 9.99. The average Bonchev–Trinajstić information content (AvgIpc) is 3.26. The summed E-state index contributed by atoms with van der Waals surface area (Å²) in [7, 11) is 0. The van der Waals surface area contributed by atoms with Crippen LogP contribution in [0.1, 0.15) is 47.9 Å². The maximum absolute atomic E-state index is 12.7. The van der Waals surface area contributed by atoms with E-state index >= 15 is 0 Å². The molecule has 1 aromatic heterocycles. The smallest absolute Gasteiger partial charge is 0.232 e. The maximum Gasteiger partial charge on any atom is 0.232 e. The number of pyridine rings is 1. The number of phenols is 1. The highest BCUT2D eigenvalue weighted by Crippen LogP contribution is 2.43. The van der Waals surface area contributed by atoms with Crippen LogP contribution in [0, 0.1) is 0 Å². The van der Waals surface area contributed by atoms with Crippen molar-refractivity contribution in [2.75, 3.05) is 5.32 Å². The molecular formula is C18H18N2O2. The van der Waals surface area contributed by atoms with Crippen molar-refractivity contribution in [1.82, 2.24) is 4.98 Å². The van der Waals surface area contributed by atoms with Crippen molar-refractivity contribution in [3.05, 3.63) is 53.3 Å². The summed E-state index contributed by atoms with van der Waals surface area (Å²) in [4.78, 5) is 17.1. The minimum Gasteiger partial charge on any atom is -0.508 e. The minimum absolute atomic E-state index is 0.0462. The van der Waals surface area contributed by atoms with Gasteiger partial charge in [0.2, 0.25) is 5.91 Å². The molecule has 4 nitrogen and oxygen atoms in total. The van der Waals surface area contributed by atoms with E-state index in [2.05, 4.69) is 10.3 Å². The van der Waals surface area contributed by atoms with E-state index in [1.54, 1.807) is 12.3 Å². The number of nitrogens with zero attached hydrogens (tertiary/aromatic N) is 1. The van der Waals surface area contributed by atoms with Crippen molar-refractivity contribution >= 4 is 11.6 Å². The topological polar surface area (TPSA) is 62.2 Å². The molecule has 1 unspecified atom stereocenters. The third-order valence-electron chi connectivity index (χ3n) is 4.60.